The van der Waals surface area contributed by atoms with Gasteiger partial charge in [0.2, 0.25) is 0 Å². The zero-order valence-corrected chi connectivity index (χ0v) is 14.8. The average molecular weight is 320 g/mol. The fourth-order valence-corrected chi connectivity index (χ4v) is 3.90. The SMILES string of the molecule is CN(CCN1CCOCC1)Cc1cn(C)nc1C1CCCCC1. The zero-order chi connectivity index (χ0) is 16.1. The fourth-order valence-electron chi connectivity index (χ4n) is 3.90. The summed E-state index contributed by atoms with van der Waals surface area (Å²) in [6, 6.07) is 0. The van der Waals surface area contributed by atoms with Crippen molar-refractivity contribution in [3.63, 3.8) is 0 Å². The van der Waals surface area contributed by atoms with E-state index in [0.717, 1.165) is 45.9 Å². The maximum Gasteiger partial charge on any atom is 0.0700 e. The number of hydrogen-bond donors (Lipinski definition) is 0. The number of aryl methyl sites for hydroxylation is 1. The second-order valence-corrected chi connectivity index (χ2v) is 7.24. The third-order valence-electron chi connectivity index (χ3n) is 5.27. The molecule has 5 heteroatoms. The molecule has 0 aromatic carbocycles. The summed E-state index contributed by atoms with van der Waals surface area (Å²) < 4.78 is 7.43. The van der Waals surface area contributed by atoms with E-state index in [1.807, 2.05) is 4.68 Å². The highest BCUT2D eigenvalue weighted by atomic mass is 16.5. The van der Waals surface area contributed by atoms with E-state index in [0.29, 0.717) is 5.92 Å². The van der Waals surface area contributed by atoms with E-state index in [-0.39, 0.29) is 0 Å². The van der Waals surface area contributed by atoms with Crippen molar-refractivity contribution in [2.45, 2.75) is 44.6 Å². The molecule has 1 aromatic heterocycles. The molecule has 1 saturated heterocycles. The first-order chi connectivity index (χ1) is 11.2. The van der Waals surface area contributed by atoms with Crippen LogP contribution in [0.1, 0.15) is 49.3 Å². The summed E-state index contributed by atoms with van der Waals surface area (Å²) >= 11 is 0. The Balaban J connectivity index is 1.53. The van der Waals surface area contributed by atoms with Gasteiger partial charge in [-0.25, -0.2) is 0 Å². The Morgan fingerprint density at radius 1 is 1.22 bits per heavy atom. The fraction of sp³-hybridized carbons (Fsp3) is 0.833. The van der Waals surface area contributed by atoms with Crippen molar-refractivity contribution in [1.82, 2.24) is 19.6 Å². The van der Waals surface area contributed by atoms with Gasteiger partial charge in [-0.1, -0.05) is 19.3 Å². The van der Waals surface area contributed by atoms with Crippen LogP contribution < -0.4 is 0 Å². The molecule has 23 heavy (non-hydrogen) atoms. The molecule has 2 heterocycles. The largest absolute Gasteiger partial charge is 0.379 e. The van der Waals surface area contributed by atoms with Gasteiger partial charge in [0.05, 0.1) is 18.9 Å². The van der Waals surface area contributed by atoms with Gasteiger partial charge in [0.25, 0.3) is 0 Å². The Hall–Kier alpha value is -0.910. The highest BCUT2D eigenvalue weighted by Crippen LogP contribution is 2.33. The van der Waals surface area contributed by atoms with Crippen molar-refractivity contribution < 1.29 is 4.74 Å². The molecule has 2 fully saturated rings. The van der Waals surface area contributed by atoms with Crippen LogP contribution in [0.2, 0.25) is 0 Å². The van der Waals surface area contributed by atoms with Crippen LogP contribution >= 0.6 is 0 Å². The number of nitrogens with zero attached hydrogens (tertiary/aromatic N) is 4. The highest BCUT2D eigenvalue weighted by Gasteiger charge is 2.22. The van der Waals surface area contributed by atoms with E-state index in [1.54, 1.807) is 0 Å². The molecule has 0 amide bonds. The van der Waals surface area contributed by atoms with E-state index >= 15 is 0 Å². The van der Waals surface area contributed by atoms with Crippen molar-refractivity contribution in [2.24, 2.45) is 7.05 Å². The van der Waals surface area contributed by atoms with Crippen molar-refractivity contribution in [3.05, 3.63) is 17.5 Å². The second-order valence-electron chi connectivity index (χ2n) is 7.24. The van der Waals surface area contributed by atoms with Gasteiger partial charge in [0.15, 0.2) is 0 Å². The average Bonchev–Trinajstić information content (AvgIpc) is 2.95. The molecule has 0 radical (unpaired) electrons. The maximum atomic E-state index is 5.42. The van der Waals surface area contributed by atoms with E-state index in [9.17, 15) is 0 Å². The summed E-state index contributed by atoms with van der Waals surface area (Å²) in [5.41, 5.74) is 2.80. The molecule has 130 valence electrons. The standard InChI is InChI=1S/C18H32N4O/c1-20(8-9-22-10-12-23-13-11-22)14-17-15-21(2)19-18(17)16-6-4-3-5-7-16/h15-16H,3-14H2,1-2H3. The molecule has 1 saturated carbocycles. The van der Waals surface area contributed by atoms with Gasteiger partial charge < -0.3 is 9.64 Å². The quantitative estimate of drug-likeness (QED) is 0.805. The van der Waals surface area contributed by atoms with Crippen LogP contribution in [0.4, 0.5) is 0 Å². The number of hydrogen-bond acceptors (Lipinski definition) is 4. The number of rotatable bonds is 6. The Kier molecular flexibility index (Phi) is 6.08. The Bertz CT molecular complexity index is 475. The van der Waals surface area contributed by atoms with Crippen LogP contribution in [0.3, 0.4) is 0 Å². The molecule has 0 spiro atoms. The summed E-state index contributed by atoms with van der Waals surface area (Å²) in [7, 11) is 4.29. The lowest BCUT2D eigenvalue weighted by atomic mass is 9.85. The van der Waals surface area contributed by atoms with E-state index in [1.165, 1.54) is 43.4 Å². The van der Waals surface area contributed by atoms with Gasteiger partial charge >= 0.3 is 0 Å². The maximum absolute atomic E-state index is 5.42. The number of ether oxygens (including phenoxy) is 1. The first kappa shape index (κ1) is 16.9. The summed E-state index contributed by atoms with van der Waals surface area (Å²) in [6.45, 7) is 7.19. The molecule has 0 N–H and O–H groups in total. The minimum atomic E-state index is 0.688. The lowest BCUT2D eigenvalue weighted by Crippen LogP contribution is -2.40. The second kappa shape index (κ2) is 8.27. The van der Waals surface area contributed by atoms with Crippen molar-refractivity contribution in [2.75, 3.05) is 46.4 Å². The summed E-state index contributed by atoms with van der Waals surface area (Å²) in [4.78, 5) is 4.95. The zero-order valence-electron chi connectivity index (χ0n) is 14.8. The molecule has 0 atom stereocenters. The van der Waals surface area contributed by atoms with Gasteiger partial charge in [-0.2, -0.15) is 5.10 Å². The lowest BCUT2D eigenvalue weighted by Gasteiger charge is -2.28. The Labute approximate surface area is 140 Å². The number of likely N-dealkylation sites (N-methyl/N-ethyl adjacent to an activating group) is 1. The van der Waals surface area contributed by atoms with E-state index in [4.69, 9.17) is 9.84 Å². The van der Waals surface area contributed by atoms with Crippen LogP contribution in [0, 0.1) is 0 Å². The van der Waals surface area contributed by atoms with Gasteiger partial charge in [0, 0.05) is 57.4 Å². The molecule has 1 aromatic rings. The predicted octanol–water partition coefficient (Wildman–Crippen LogP) is 2.23. The highest BCUT2D eigenvalue weighted by molar-refractivity contribution is 5.21. The smallest absolute Gasteiger partial charge is 0.0700 e. The molecule has 0 unspecified atom stereocenters. The van der Waals surface area contributed by atoms with Crippen molar-refractivity contribution in [1.29, 1.82) is 0 Å². The van der Waals surface area contributed by atoms with Crippen molar-refractivity contribution >= 4 is 0 Å². The summed E-state index contributed by atoms with van der Waals surface area (Å²) in [5.74, 6) is 0.688. The van der Waals surface area contributed by atoms with Crippen LogP contribution in [-0.2, 0) is 18.3 Å². The first-order valence-electron chi connectivity index (χ1n) is 9.23. The normalized spacial score (nSPS) is 21.2. The van der Waals surface area contributed by atoms with Gasteiger partial charge in [-0.05, 0) is 19.9 Å². The molecule has 5 nitrogen and oxygen atoms in total. The third-order valence-corrected chi connectivity index (χ3v) is 5.27. The monoisotopic (exact) mass is 320 g/mol. The van der Waals surface area contributed by atoms with Gasteiger partial charge in [0.1, 0.15) is 0 Å². The van der Waals surface area contributed by atoms with Crippen LogP contribution in [0.15, 0.2) is 6.20 Å². The van der Waals surface area contributed by atoms with Crippen molar-refractivity contribution in [3.8, 4) is 0 Å². The topological polar surface area (TPSA) is 33.5 Å². The lowest BCUT2D eigenvalue weighted by molar-refractivity contribution is 0.0342. The minimum absolute atomic E-state index is 0.688. The summed E-state index contributed by atoms with van der Waals surface area (Å²) in [6.07, 6.45) is 9.01. The van der Waals surface area contributed by atoms with E-state index < -0.39 is 0 Å². The Morgan fingerprint density at radius 3 is 2.70 bits per heavy atom. The number of aromatic nitrogens is 2. The molecule has 2 aliphatic rings. The van der Waals surface area contributed by atoms with Gasteiger partial charge in [-0.15, -0.1) is 0 Å². The van der Waals surface area contributed by atoms with E-state index in [2.05, 4.69) is 30.1 Å². The third kappa shape index (κ3) is 4.78. The predicted molar refractivity (Wildman–Crippen MR) is 92.6 cm³/mol. The molecule has 0 bridgehead atoms. The van der Waals surface area contributed by atoms with Crippen LogP contribution in [0.25, 0.3) is 0 Å². The minimum Gasteiger partial charge on any atom is -0.379 e. The molecular formula is C18H32N4O. The summed E-state index contributed by atoms with van der Waals surface area (Å²) in [5, 5.41) is 4.80. The van der Waals surface area contributed by atoms with Crippen LogP contribution in [-0.4, -0.2) is 66.0 Å². The van der Waals surface area contributed by atoms with Crippen LogP contribution in [0.5, 0.6) is 0 Å². The molecular weight excluding hydrogens is 288 g/mol. The van der Waals surface area contributed by atoms with Gasteiger partial charge in [-0.3, -0.25) is 9.58 Å². The molecule has 3 rings (SSSR count). The first-order valence-corrected chi connectivity index (χ1v) is 9.23. The molecule has 1 aliphatic carbocycles. The molecule has 1 aliphatic heterocycles. The number of morpholine rings is 1. The Morgan fingerprint density at radius 2 is 1.96 bits per heavy atom.